The van der Waals surface area contributed by atoms with Gasteiger partial charge in [0.2, 0.25) is 5.88 Å². The Morgan fingerprint density at radius 3 is 2.26 bits per heavy atom. The molecule has 1 aromatic heterocycles. The monoisotopic (exact) mass is 539 g/mol. The molecule has 0 radical (unpaired) electrons. The fourth-order valence-electron chi connectivity index (χ4n) is 4.08. The third-order valence-electron chi connectivity index (χ3n) is 5.95. The molecule has 1 saturated heterocycles. The number of piperidine rings is 1. The molecule has 2 amide bonds. The highest BCUT2D eigenvalue weighted by Crippen LogP contribution is 2.31. The SMILES string of the molecule is O=C(Nc1ccc(OC(F)(F)F)cc1)N1CCC(Cc2cccc(Oc3ccc(C(F)(F)F)cn3)c2)CC1. The average Bonchev–Trinajstić information content (AvgIpc) is 2.85. The van der Waals surface area contributed by atoms with Gasteiger partial charge in [0.25, 0.3) is 0 Å². The number of carbonyl (C=O) groups is 1. The molecule has 0 unspecified atom stereocenters. The fourth-order valence-corrected chi connectivity index (χ4v) is 4.08. The summed E-state index contributed by atoms with van der Waals surface area (Å²) in [6, 6.07) is 13.9. The Morgan fingerprint density at radius 2 is 1.66 bits per heavy atom. The van der Waals surface area contributed by atoms with Gasteiger partial charge in [-0.3, -0.25) is 0 Å². The molecule has 4 rings (SSSR count). The maximum absolute atomic E-state index is 12.7. The Bertz CT molecular complexity index is 1220. The van der Waals surface area contributed by atoms with Crippen LogP contribution in [0.25, 0.3) is 0 Å². The van der Waals surface area contributed by atoms with E-state index < -0.39 is 18.1 Å². The highest BCUT2D eigenvalue weighted by Gasteiger charge is 2.31. The Morgan fingerprint density at radius 1 is 0.947 bits per heavy atom. The van der Waals surface area contributed by atoms with E-state index in [1.54, 1.807) is 17.0 Å². The Kier molecular flexibility index (Phi) is 7.98. The summed E-state index contributed by atoms with van der Waals surface area (Å²) in [6.45, 7) is 1.02. The quantitative estimate of drug-likeness (QED) is 0.335. The van der Waals surface area contributed by atoms with Crippen LogP contribution >= 0.6 is 0 Å². The molecule has 202 valence electrons. The lowest BCUT2D eigenvalue weighted by Crippen LogP contribution is -2.41. The van der Waals surface area contributed by atoms with Crippen LogP contribution in [0.3, 0.4) is 0 Å². The molecule has 0 spiro atoms. The predicted molar refractivity (Wildman–Crippen MR) is 126 cm³/mol. The minimum Gasteiger partial charge on any atom is -0.439 e. The van der Waals surface area contributed by atoms with Crippen LogP contribution < -0.4 is 14.8 Å². The number of rotatable bonds is 6. The number of hydrogen-bond acceptors (Lipinski definition) is 4. The molecule has 12 heteroatoms. The molecule has 2 heterocycles. The molecule has 0 saturated carbocycles. The van der Waals surface area contributed by atoms with Crippen LogP contribution in [0.4, 0.5) is 36.8 Å². The second-order valence-corrected chi connectivity index (χ2v) is 8.77. The van der Waals surface area contributed by atoms with Gasteiger partial charge in [-0.15, -0.1) is 13.2 Å². The molecule has 0 aliphatic carbocycles. The second kappa shape index (κ2) is 11.2. The summed E-state index contributed by atoms with van der Waals surface area (Å²) in [5.74, 6) is 0.439. The molecule has 38 heavy (non-hydrogen) atoms. The van der Waals surface area contributed by atoms with Crippen molar-refractivity contribution in [2.45, 2.75) is 31.8 Å². The van der Waals surface area contributed by atoms with Crippen molar-refractivity contribution in [2.24, 2.45) is 5.92 Å². The van der Waals surface area contributed by atoms with Crippen LogP contribution in [-0.4, -0.2) is 35.4 Å². The number of anilines is 1. The molecular formula is C26H23F6N3O3. The zero-order valence-corrected chi connectivity index (χ0v) is 19.9. The molecule has 3 aromatic rings. The van der Waals surface area contributed by atoms with Crippen molar-refractivity contribution in [3.63, 3.8) is 0 Å². The maximum Gasteiger partial charge on any atom is 0.573 e. The normalized spacial score (nSPS) is 14.7. The smallest absolute Gasteiger partial charge is 0.439 e. The molecule has 6 nitrogen and oxygen atoms in total. The van der Waals surface area contributed by atoms with E-state index in [2.05, 4.69) is 15.0 Å². The summed E-state index contributed by atoms with van der Waals surface area (Å²) < 4.78 is 84.4. The predicted octanol–water partition coefficient (Wildman–Crippen LogP) is 7.28. The highest BCUT2D eigenvalue weighted by molar-refractivity contribution is 5.89. The van der Waals surface area contributed by atoms with E-state index >= 15 is 0 Å². The number of ether oxygens (including phenoxy) is 2. The maximum atomic E-state index is 12.7. The summed E-state index contributed by atoms with van der Waals surface area (Å²) in [5.41, 5.74) is 0.483. The Balaban J connectivity index is 1.25. The third kappa shape index (κ3) is 7.77. The van der Waals surface area contributed by atoms with Gasteiger partial charge in [-0.25, -0.2) is 9.78 Å². The molecule has 0 atom stereocenters. The van der Waals surface area contributed by atoms with Crippen molar-refractivity contribution >= 4 is 11.7 Å². The summed E-state index contributed by atoms with van der Waals surface area (Å²) in [7, 11) is 0. The number of hydrogen-bond donors (Lipinski definition) is 1. The van der Waals surface area contributed by atoms with Crippen LogP contribution in [0, 0.1) is 5.92 Å². The summed E-state index contributed by atoms with van der Waals surface area (Å²) in [4.78, 5) is 17.9. The lowest BCUT2D eigenvalue weighted by Gasteiger charge is -2.32. The number of amides is 2. The van der Waals surface area contributed by atoms with Gasteiger partial charge >= 0.3 is 18.6 Å². The van der Waals surface area contributed by atoms with E-state index in [1.807, 2.05) is 12.1 Å². The number of alkyl halides is 6. The summed E-state index contributed by atoms with van der Waals surface area (Å²) in [5, 5.41) is 2.67. The van der Waals surface area contributed by atoms with Crippen molar-refractivity contribution in [2.75, 3.05) is 18.4 Å². The van der Waals surface area contributed by atoms with Crippen LogP contribution in [-0.2, 0) is 12.6 Å². The van der Waals surface area contributed by atoms with E-state index in [0.29, 0.717) is 30.4 Å². The zero-order chi connectivity index (χ0) is 27.3. The van der Waals surface area contributed by atoms with Crippen molar-refractivity contribution in [1.29, 1.82) is 0 Å². The number of carbonyl (C=O) groups excluding carboxylic acids is 1. The average molecular weight is 539 g/mol. The lowest BCUT2D eigenvalue weighted by molar-refractivity contribution is -0.274. The fraction of sp³-hybridized carbons (Fsp3) is 0.308. The molecule has 1 fully saturated rings. The molecular weight excluding hydrogens is 516 g/mol. The van der Waals surface area contributed by atoms with Crippen LogP contribution in [0.1, 0.15) is 24.0 Å². The summed E-state index contributed by atoms with van der Waals surface area (Å²) in [6.07, 6.45) is -6.31. The lowest BCUT2D eigenvalue weighted by atomic mass is 9.90. The van der Waals surface area contributed by atoms with E-state index in [9.17, 15) is 31.1 Å². The van der Waals surface area contributed by atoms with Crippen molar-refractivity contribution < 1.29 is 40.6 Å². The minimum atomic E-state index is -4.78. The number of nitrogens with one attached hydrogen (secondary N) is 1. The van der Waals surface area contributed by atoms with Gasteiger partial charge in [0.1, 0.15) is 11.5 Å². The third-order valence-corrected chi connectivity index (χ3v) is 5.95. The van der Waals surface area contributed by atoms with Gasteiger partial charge in [-0.1, -0.05) is 12.1 Å². The van der Waals surface area contributed by atoms with Gasteiger partial charge in [0.15, 0.2) is 0 Å². The van der Waals surface area contributed by atoms with E-state index in [1.165, 1.54) is 18.2 Å². The van der Waals surface area contributed by atoms with Crippen LogP contribution in [0.5, 0.6) is 17.4 Å². The van der Waals surface area contributed by atoms with Gasteiger partial charge in [-0.2, -0.15) is 13.2 Å². The van der Waals surface area contributed by atoms with E-state index in [-0.39, 0.29) is 17.7 Å². The van der Waals surface area contributed by atoms with Crippen LogP contribution in [0.2, 0.25) is 0 Å². The number of benzene rings is 2. The topological polar surface area (TPSA) is 63.7 Å². The molecule has 1 aliphatic heterocycles. The van der Waals surface area contributed by atoms with Gasteiger partial charge in [0, 0.05) is 31.0 Å². The largest absolute Gasteiger partial charge is 0.573 e. The number of pyridine rings is 1. The Hall–Kier alpha value is -3.96. The second-order valence-electron chi connectivity index (χ2n) is 8.77. The molecule has 1 N–H and O–H groups in total. The van der Waals surface area contributed by atoms with Crippen LogP contribution in [0.15, 0.2) is 66.9 Å². The first-order valence-electron chi connectivity index (χ1n) is 11.7. The van der Waals surface area contributed by atoms with Gasteiger partial charge < -0.3 is 19.7 Å². The van der Waals surface area contributed by atoms with Gasteiger partial charge in [0.05, 0.1) is 5.56 Å². The molecule has 0 bridgehead atoms. The number of aromatic nitrogens is 1. The highest BCUT2D eigenvalue weighted by atomic mass is 19.4. The molecule has 2 aromatic carbocycles. The molecule has 1 aliphatic rings. The van der Waals surface area contributed by atoms with Crippen molar-refractivity contribution in [3.05, 3.63) is 78.0 Å². The van der Waals surface area contributed by atoms with Crippen molar-refractivity contribution in [1.82, 2.24) is 9.88 Å². The first kappa shape index (κ1) is 27.1. The number of halogens is 6. The Labute approximate surface area is 214 Å². The van der Waals surface area contributed by atoms with E-state index in [4.69, 9.17) is 4.74 Å². The zero-order valence-electron chi connectivity index (χ0n) is 19.9. The van der Waals surface area contributed by atoms with Gasteiger partial charge in [-0.05, 0) is 73.2 Å². The number of nitrogens with zero attached hydrogens (tertiary/aromatic N) is 2. The summed E-state index contributed by atoms with van der Waals surface area (Å²) >= 11 is 0. The number of urea groups is 1. The first-order valence-corrected chi connectivity index (χ1v) is 11.7. The van der Waals surface area contributed by atoms with E-state index in [0.717, 1.165) is 49.2 Å². The first-order chi connectivity index (χ1) is 17.9. The minimum absolute atomic E-state index is 0.0528. The standard InChI is InChI=1S/C26H23F6N3O3/c27-25(28,29)19-4-9-23(33-16-19)37-22-3-1-2-18(15-22)14-17-10-12-35(13-11-17)24(36)34-20-5-7-21(8-6-20)38-26(30,31)32/h1-9,15-17H,10-14H2,(H,34,36). The van der Waals surface area contributed by atoms with Crippen molar-refractivity contribution in [3.8, 4) is 17.4 Å². The number of likely N-dealkylation sites (tertiary alicyclic amines) is 1.